The van der Waals surface area contributed by atoms with Crippen molar-refractivity contribution in [1.29, 1.82) is 0 Å². The van der Waals surface area contributed by atoms with Gasteiger partial charge in [0.1, 0.15) is 0 Å². The van der Waals surface area contributed by atoms with Gasteiger partial charge < -0.3 is 5.73 Å². The van der Waals surface area contributed by atoms with Gasteiger partial charge >= 0.3 is 0 Å². The van der Waals surface area contributed by atoms with E-state index in [1.54, 1.807) is 4.31 Å². The third-order valence-electron chi connectivity index (χ3n) is 3.86. The van der Waals surface area contributed by atoms with Crippen LogP contribution in [0.3, 0.4) is 0 Å². The second-order valence-electron chi connectivity index (χ2n) is 5.42. The normalized spacial score (nSPS) is 20.4. The zero-order chi connectivity index (χ0) is 14.8. The summed E-state index contributed by atoms with van der Waals surface area (Å²) in [6.07, 6.45) is 1.83. The molecule has 0 aliphatic carbocycles. The second-order valence-corrected chi connectivity index (χ2v) is 8.30. The van der Waals surface area contributed by atoms with Crippen LogP contribution in [0.25, 0.3) is 0 Å². The Morgan fingerprint density at radius 3 is 2.85 bits per heavy atom. The molecule has 1 aliphatic heterocycles. The van der Waals surface area contributed by atoms with Gasteiger partial charge in [0.2, 0.25) is 10.0 Å². The van der Waals surface area contributed by atoms with Crippen LogP contribution >= 0.6 is 15.9 Å². The Morgan fingerprint density at radius 1 is 1.45 bits per heavy atom. The summed E-state index contributed by atoms with van der Waals surface area (Å²) in [7, 11) is -3.22. The highest BCUT2D eigenvalue weighted by molar-refractivity contribution is 9.10. The number of hydrogen-bond acceptors (Lipinski definition) is 3. The predicted molar refractivity (Wildman–Crippen MR) is 84.9 cm³/mol. The Labute approximate surface area is 129 Å². The van der Waals surface area contributed by atoms with Crippen molar-refractivity contribution in [2.24, 2.45) is 11.7 Å². The van der Waals surface area contributed by atoms with E-state index in [0.717, 1.165) is 28.4 Å². The third kappa shape index (κ3) is 3.81. The van der Waals surface area contributed by atoms with Crippen LogP contribution in [-0.4, -0.2) is 32.4 Å². The van der Waals surface area contributed by atoms with E-state index in [2.05, 4.69) is 15.9 Å². The van der Waals surface area contributed by atoms with Crippen molar-refractivity contribution in [3.05, 3.63) is 33.8 Å². The summed E-state index contributed by atoms with van der Waals surface area (Å²) in [6.45, 7) is 3.82. The molecule has 2 N–H and O–H groups in total. The summed E-state index contributed by atoms with van der Waals surface area (Å²) in [6, 6.07) is 5.72. The van der Waals surface area contributed by atoms with E-state index in [0.29, 0.717) is 25.6 Å². The fourth-order valence-corrected chi connectivity index (χ4v) is 4.83. The molecule has 1 heterocycles. The molecule has 112 valence electrons. The molecule has 1 aliphatic rings. The summed E-state index contributed by atoms with van der Waals surface area (Å²) < 4.78 is 27.5. The summed E-state index contributed by atoms with van der Waals surface area (Å²) in [4.78, 5) is 0. The van der Waals surface area contributed by atoms with E-state index < -0.39 is 10.0 Å². The van der Waals surface area contributed by atoms with Gasteiger partial charge in [0, 0.05) is 17.6 Å². The van der Waals surface area contributed by atoms with Crippen molar-refractivity contribution < 1.29 is 8.42 Å². The maximum Gasteiger partial charge on any atom is 0.218 e. The van der Waals surface area contributed by atoms with Gasteiger partial charge in [0.15, 0.2) is 0 Å². The molecule has 1 fully saturated rings. The van der Waals surface area contributed by atoms with E-state index in [1.807, 2.05) is 25.1 Å². The summed E-state index contributed by atoms with van der Waals surface area (Å²) in [5.74, 6) is 0.502. The average Bonchev–Trinajstić information content (AvgIpc) is 2.83. The lowest BCUT2D eigenvalue weighted by atomic mass is 10.1. The first kappa shape index (κ1) is 15.9. The molecule has 4 nitrogen and oxygen atoms in total. The molecule has 1 atom stereocenters. The van der Waals surface area contributed by atoms with Gasteiger partial charge in [0.05, 0.1) is 5.75 Å². The molecule has 1 saturated heterocycles. The summed E-state index contributed by atoms with van der Waals surface area (Å²) in [5, 5.41) is 0. The fourth-order valence-electron chi connectivity index (χ4n) is 2.63. The molecule has 0 saturated carbocycles. The largest absolute Gasteiger partial charge is 0.330 e. The summed E-state index contributed by atoms with van der Waals surface area (Å²) >= 11 is 3.40. The Morgan fingerprint density at radius 2 is 2.20 bits per heavy atom. The number of halogens is 1. The van der Waals surface area contributed by atoms with Gasteiger partial charge in [-0.2, -0.15) is 0 Å². The van der Waals surface area contributed by atoms with Gasteiger partial charge in [-0.15, -0.1) is 0 Å². The van der Waals surface area contributed by atoms with Gasteiger partial charge in [-0.25, -0.2) is 12.7 Å². The van der Waals surface area contributed by atoms with E-state index in [-0.39, 0.29) is 5.75 Å². The van der Waals surface area contributed by atoms with Crippen LogP contribution in [0.4, 0.5) is 0 Å². The van der Waals surface area contributed by atoms with E-state index >= 15 is 0 Å². The number of benzene rings is 1. The van der Waals surface area contributed by atoms with Crippen LogP contribution < -0.4 is 5.73 Å². The zero-order valence-electron chi connectivity index (χ0n) is 11.7. The van der Waals surface area contributed by atoms with Crippen molar-refractivity contribution in [3.63, 3.8) is 0 Å². The van der Waals surface area contributed by atoms with Crippen molar-refractivity contribution in [1.82, 2.24) is 4.31 Å². The molecule has 20 heavy (non-hydrogen) atoms. The Kier molecular flexibility index (Phi) is 5.23. The van der Waals surface area contributed by atoms with Crippen LogP contribution in [0.15, 0.2) is 22.7 Å². The van der Waals surface area contributed by atoms with Crippen molar-refractivity contribution >= 4 is 26.0 Å². The molecule has 2 rings (SSSR count). The standard InChI is InChI=1S/C14H21BrN2O2S/c1-11-8-14(15)3-2-13(11)10-20(18,19)17-7-5-12(9-17)4-6-16/h2-3,8,12H,4-7,9-10,16H2,1H3. The molecule has 0 spiro atoms. The number of nitrogens with zero attached hydrogens (tertiary/aromatic N) is 1. The molecule has 0 aromatic heterocycles. The van der Waals surface area contributed by atoms with E-state index in [1.165, 1.54) is 0 Å². The Hall–Kier alpha value is -0.430. The number of rotatable bonds is 5. The quantitative estimate of drug-likeness (QED) is 0.875. The minimum Gasteiger partial charge on any atom is -0.330 e. The number of aryl methyl sites for hydroxylation is 1. The topological polar surface area (TPSA) is 63.4 Å². The fraction of sp³-hybridized carbons (Fsp3) is 0.571. The highest BCUT2D eigenvalue weighted by Gasteiger charge is 2.31. The van der Waals surface area contributed by atoms with Crippen LogP contribution in [0, 0.1) is 12.8 Å². The van der Waals surface area contributed by atoms with Crippen LogP contribution in [0.2, 0.25) is 0 Å². The van der Waals surface area contributed by atoms with Crippen molar-refractivity contribution in [3.8, 4) is 0 Å². The lowest BCUT2D eigenvalue weighted by Crippen LogP contribution is -2.30. The summed E-state index contributed by atoms with van der Waals surface area (Å²) in [5.41, 5.74) is 7.42. The predicted octanol–water partition coefficient (Wildman–Crippen LogP) is 2.26. The molecule has 6 heteroatoms. The van der Waals surface area contributed by atoms with Crippen molar-refractivity contribution in [2.45, 2.75) is 25.5 Å². The van der Waals surface area contributed by atoms with Gasteiger partial charge in [-0.3, -0.25) is 0 Å². The van der Waals surface area contributed by atoms with Crippen LogP contribution in [-0.2, 0) is 15.8 Å². The molecule has 1 aromatic carbocycles. The first-order valence-corrected chi connectivity index (χ1v) is 9.25. The van der Waals surface area contributed by atoms with Crippen LogP contribution in [0.5, 0.6) is 0 Å². The first-order valence-electron chi connectivity index (χ1n) is 6.85. The SMILES string of the molecule is Cc1cc(Br)ccc1CS(=O)(=O)N1CCC(CCN)C1. The lowest BCUT2D eigenvalue weighted by Gasteiger charge is -2.17. The zero-order valence-corrected chi connectivity index (χ0v) is 14.1. The smallest absolute Gasteiger partial charge is 0.218 e. The molecule has 0 bridgehead atoms. The van der Waals surface area contributed by atoms with E-state index in [9.17, 15) is 8.42 Å². The number of hydrogen-bond donors (Lipinski definition) is 1. The molecule has 1 aromatic rings. The molecule has 0 radical (unpaired) electrons. The van der Waals surface area contributed by atoms with Crippen molar-refractivity contribution in [2.75, 3.05) is 19.6 Å². The Balaban J connectivity index is 2.08. The Bertz CT molecular complexity index is 575. The van der Waals surface area contributed by atoms with Gasteiger partial charge in [-0.05, 0) is 55.5 Å². The highest BCUT2D eigenvalue weighted by atomic mass is 79.9. The van der Waals surface area contributed by atoms with E-state index in [4.69, 9.17) is 5.73 Å². The minimum absolute atomic E-state index is 0.0848. The van der Waals surface area contributed by atoms with Gasteiger partial charge in [-0.1, -0.05) is 22.0 Å². The molecular weight excluding hydrogens is 340 g/mol. The first-order chi connectivity index (χ1) is 9.42. The molecule has 0 amide bonds. The number of nitrogens with two attached hydrogens (primary N) is 1. The second kappa shape index (κ2) is 6.56. The average molecular weight is 361 g/mol. The molecular formula is C14H21BrN2O2S. The third-order valence-corrected chi connectivity index (χ3v) is 6.15. The highest BCUT2D eigenvalue weighted by Crippen LogP contribution is 2.25. The monoisotopic (exact) mass is 360 g/mol. The maximum absolute atomic E-state index is 12.5. The maximum atomic E-state index is 12.5. The van der Waals surface area contributed by atoms with Crippen LogP contribution in [0.1, 0.15) is 24.0 Å². The molecule has 1 unspecified atom stereocenters. The minimum atomic E-state index is -3.22. The van der Waals surface area contributed by atoms with Gasteiger partial charge in [0.25, 0.3) is 0 Å². The number of sulfonamides is 1. The lowest BCUT2D eigenvalue weighted by molar-refractivity contribution is 0.448.